The van der Waals surface area contributed by atoms with Gasteiger partial charge in [-0.05, 0) is 13.8 Å². The molecule has 0 aromatic heterocycles. The summed E-state index contributed by atoms with van der Waals surface area (Å²) in [5, 5.41) is 0. The SMILES string of the molecule is [CH-]=NC(C)C.[Y]. The van der Waals surface area contributed by atoms with Gasteiger partial charge in [0.15, 0.2) is 0 Å². The van der Waals surface area contributed by atoms with E-state index in [1.54, 1.807) is 0 Å². The third-order valence-electron chi connectivity index (χ3n) is 0.298. The third kappa shape index (κ3) is 8.84. The van der Waals surface area contributed by atoms with Gasteiger partial charge in [0.25, 0.3) is 0 Å². The maximum Gasteiger partial charge on any atom is 0.00554 e. The molecule has 0 amide bonds. The smallest absolute Gasteiger partial charge is 0.00554 e. The largest absolute Gasteiger partial charge is 0.504 e. The van der Waals surface area contributed by atoms with Gasteiger partial charge >= 0.3 is 0 Å². The first kappa shape index (κ1) is 9.91. The van der Waals surface area contributed by atoms with E-state index in [-0.39, 0.29) is 38.8 Å². The first-order valence-electron chi connectivity index (χ1n) is 1.67. The molecule has 0 rings (SSSR count). The minimum atomic E-state index is 0. The molecule has 0 spiro atoms. The standard InChI is InChI=1S/C4H8N.Y/c1-4(2)5-3;/h3-4H,1-2H3;/q-1;. The fourth-order valence-corrected chi connectivity index (χ4v) is 0. The van der Waals surface area contributed by atoms with Crippen molar-refractivity contribution >= 4 is 6.72 Å². The molecule has 0 fully saturated rings. The van der Waals surface area contributed by atoms with Gasteiger partial charge < -0.3 is 11.7 Å². The second kappa shape index (κ2) is 5.77. The van der Waals surface area contributed by atoms with Crippen LogP contribution in [0.15, 0.2) is 4.99 Å². The Hall–Kier alpha value is 0.774. The van der Waals surface area contributed by atoms with Crippen LogP contribution in [0.2, 0.25) is 0 Å². The van der Waals surface area contributed by atoms with Crippen LogP contribution in [-0.4, -0.2) is 12.8 Å². The van der Waals surface area contributed by atoms with E-state index in [9.17, 15) is 0 Å². The van der Waals surface area contributed by atoms with E-state index in [0.717, 1.165) is 0 Å². The number of rotatable bonds is 1. The van der Waals surface area contributed by atoms with Crippen molar-refractivity contribution in [3.63, 3.8) is 0 Å². The first-order valence-corrected chi connectivity index (χ1v) is 1.67. The van der Waals surface area contributed by atoms with Crippen LogP contribution in [0.4, 0.5) is 0 Å². The Morgan fingerprint density at radius 3 is 1.67 bits per heavy atom. The summed E-state index contributed by atoms with van der Waals surface area (Å²) in [5.74, 6) is 0. The van der Waals surface area contributed by atoms with Crippen LogP contribution < -0.4 is 0 Å². The number of aliphatic imine (C=N–C) groups is 1. The molecule has 2 heteroatoms. The molecule has 1 nitrogen and oxygen atoms in total. The summed E-state index contributed by atoms with van der Waals surface area (Å²) < 4.78 is 0. The second-order valence-electron chi connectivity index (χ2n) is 1.24. The van der Waals surface area contributed by atoms with Crippen LogP contribution in [0.25, 0.3) is 0 Å². The van der Waals surface area contributed by atoms with Gasteiger partial charge in [0.1, 0.15) is 0 Å². The molecule has 0 aliphatic carbocycles. The maximum atomic E-state index is 4.80. The second-order valence-corrected chi connectivity index (χ2v) is 1.24. The minimum Gasteiger partial charge on any atom is -0.504 e. The Morgan fingerprint density at radius 1 is 1.50 bits per heavy atom. The van der Waals surface area contributed by atoms with Crippen LogP contribution in [0.5, 0.6) is 0 Å². The zero-order chi connectivity index (χ0) is 4.28. The Labute approximate surface area is 64.1 Å². The number of hydrogen-bond acceptors (Lipinski definition) is 1. The zero-order valence-corrected chi connectivity index (χ0v) is 7.02. The van der Waals surface area contributed by atoms with Gasteiger partial charge in [-0.15, -0.1) is 0 Å². The van der Waals surface area contributed by atoms with Gasteiger partial charge in [-0.3, -0.25) is 0 Å². The molecule has 0 aliphatic heterocycles. The van der Waals surface area contributed by atoms with Crippen LogP contribution >= 0.6 is 0 Å². The molecule has 0 aromatic carbocycles. The average molecular weight is 159 g/mol. The topological polar surface area (TPSA) is 12.4 Å². The normalized spacial score (nSPS) is 7.17. The fraction of sp³-hybridized carbons (Fsp3) is 0.750. The Kier molecular flexibility index (Phi) is 9.54. The summed E-state index contributed by atoms with van der Waals surface area (Å²) in [6, 6.07) is 0.287. The Bertz CT molecular complexity index is 34.5. The fourth-order valence-electron chi connectivity index (χ4n) is 0. The van der Waals surface area contributed by atoms with Crippen molar-refractivity contribution in [3.05, 3.63) is 0 Å². The molecule has 0 aromatic rings. The van der Waals surface area contributed by atoms with Crippen molar-refractivity contribution in [3.8, 4) is 0 Å². The van der Waals surface area contributed by atoms with Gasteiger partial charge in [-0.2, -0.15) is 0 Å². The van der Waals surface area contributed by atoms with Gasteiger partial charge in [0, 0.05) is 38.8 Å². The molecule has 0 saturated carbocycles. The van der Waals surface area contributed by atoms with E-state index in [2.05, 4.69) is 4.99 Å². The molecule has 0 N–H and O–H groups in total. The first-order chi connectivity index (χ1) is 2.27. The predicted molar refractivity (Wildman–Crippen MR) is 23.6 cm³/mol. The molecular weight excluding hydrogens is 151 g/mol. The third-order valence-corrected chi connectivity index (χ3v) is 0.298. The summed E-state index contributed by atoms with van der Waals surface area (Å²) >= 11 is 0. The molecule has 0 aliphatic rings. The summed E-state index contributed by atoms with van der Waals surface area (Å²) in [7, 11) is 0. The minimum absolute atomic E-state index is 0. The average Bonchev–Trinajstić information content (AvgIpc) is 1.38. The molecule has 6 heavy (non-hydrogen) atoms. The van der Waals surface area contributed by atoms with Crippen LogP contribution in [0, 0.1) is 0 Å². The van der Waals surface area contributed by atoms with Crippen molar-refractivity contribution < 1.29 is 32.7 Å². The van der Waals surface area contributed by atoms with Crippen molar-refractivity contribution in [1.29, 1.82) is 0 Å². The van der Waals surface area contributed by atoms with E-state index in [1.807, 2.05) is 13.8 Å². The molecule has 0 unspecified atom stereocenters. The number of nitrogens with zero attached hydrogens (tertiary/aromatic N) is 1. The molecule has 0 atom stereocenters. The van der Waals surface area contributed by atoms with E-state index in [4.69, 9.17) is 6.72 Å². The van der Waals surface area contributed by atoms with Crippen molar-refractivity contribution in [2.75, 3.05) is 0 Å². The van der Waals surface area contributed by atoms with E-state index >= 15 is 0 Å². The monoisotopic (exact) mass is 159 g/mol. The quantitative estimate of drug-likeness (QED) is 0.399. The van der Waals surface area contributed by atoms with Crippen molar-refractivity contribution in [2.45, 2.75) is 19.9 Å². The van der Waals surface area contributed by atoms with Gasteiger partial charge in [-0.1, -0.05) is 0 Å². The summed E-state index contributed by atoms with van der Waals surface area (Å²) in [6.45, 7) is 8.66. The van der Waals surface area contributed by atoms with Gasteiger partial charge in [-0.25, -0.2) is 0 Å². The molecule has 1 radical (unpaired) electrons. The van der Waals surface area contributed by atoms with E-state index < -0.39 is 0 Å². The predicted octanol–water partition coefficient (Wildman–Crippen LogP) is 0.970. The zero-order valence-electron chi connectivity index (χ0n) is 4.18. The van der Waals surface area contributed by atoms with Crippen molar-refractivity contribution in [2.24, 2.45) is 4.99 Å². The Balaban J connectivity index is 0. The van der Waals surface area contributed by atoms with E-state index in [1.165, 1.54) is 0 Å². The van der Waals surface area contributed by atoms with Gasteiger partial charge in [0.2, 0.25) is 0 Å². The van der Waals surface area contributed by atoms with Crippen molar-refractivity contribution in [1.82, 2.24) is 0 Å². The Morgan fingerprint density at radius 2 is 1.67 bits per heavy atom. The molecular formula is C4H8NY-. The van der Waals surface area contributed by atoms with Crippen LogP contribution in [-0.2, 0) is 32.7 Å². The molecule has 0 heterocycles. The molecule has 0 bridgehead atoms. The molecule has 0 saturated heterocycles. The van der Waals surface area contributed by atoms with Crippen LogP contribution in [0.1, 0.15) is 13.8 Å². The number of hydrogen-bond donors (Lipinski definition) is 0. The van der Waals surface area contributed by atoms with Gasteiger partial charge in [0.05, 0.1) is 0 Å². The summed E-state index contributed by atoms with van der Waals surface area (Å²) in [4.78, 5) is 3.39. The summed E-state index contributed by atoms with van der Waals surface area (Å²) in [5.41, 5.74) is 0. The maximum absolute atomic E-state index is 4.80. The van der Waals surface area contributed by atoms with E-state index in [0.29, 0.717) is 0 Å². The van der Waals surface area contributed by atoms with Crippen LogP contribution in [0.3, 0.4) is 0 Å². The molecule has 33 valence electrons. The summed E-state index contributed by atoms with van der Waals surface area (Å²) in [6.07, 6.45) is 0.